The van der Waals surface area contributed by atoms with Gasteiger partial charge < -0.3 is 19.0 Å². The molecular weight excluding hydrogens is 318 g/mol. The fourth-order valence-corrected chi connectivity index (χ4v) is 3.63. The van der Waals surface area contributed by atoms with E-state index < -0.39 is 6.10 Å². The van der Waals surface area contributed by atoms with Crippen LogP contribution in [-0.4, -0.2) is 40.2 Å². The van der Waals surface area contributed by atoms with Crippen LogP contribution in [0.2, 0.25) is 0 Å². The normalized spacial score (nSPS) is 17.5. The number of nitrogens with zero attached hydrogens (tertiary/aromatic N) is 3. The van der Waals surface area contributed by atoms with Gasteiger partial charge in [0.25, 0.3) is 0 Å². The second kappa shape index (κ2) is 6.38. The average Bonchev–Trinajstić information content (AvgIpc) is 3.10. The van der Waals surface area contributed by atoms with Crippen molar-refractivity contribution in [3.63, 3.8) is 0 Å². The average molecular weight is 339 g/mol. The van der Waals surface area contributed by atoms with Crippen LogP contribution in [0.25, 0.3) is 5.65 Å². The highest BCUT2D eigenvalue weighted by atomic mass is 16.5. The van der Waals surface area contributed by atoms with Crippen molar-refractivity contribution in [3.05, 3.63) is 59.5 Å². The van der Waals surface area contributed by atoms with Crippen molar-refractivity contribution in [2.75, 3.05) is 20.8 Å². The SMILES string of the molecule is COc1ccc(OC)c2c1CN(Cc1cccc3nccn13)C[C@@H]2O. The minimum atomic E-state index is -0.615. The molecule has 1 N–H and O–H groups in total. The van der Waals surface area contributed by atoms with Gasteiger partial charge in [-0.2, -0.15) is 0 Å². The van der Waals surface area contributed by atoms with Gasteiger partial charge in [0.2, 0.25) is 0 Å². The first kappa shape index (κ1) is 15.9. The van der Waals surface area contributed by atoms with Crippen molar-refractivity contribution >= 4 is 5.65 Å². The zero-order valence-corrected chi connectivity index (χ0v) is 14.3. The van der Waals surface area contributed by atoms with E-state index in [1.165, 1.54) is 0 Å². The third kappa shape index (κ3) is 2.73. The Hall–Kier alpha value is -2.57. The van der Waals surface area contributed by atoms with Crippen molar-refractivity contribution in [3.8, 4) is 11.5 Å². The summed E-state index contributed by atoms with van der Waals surface area (Å²) in [6.07, 6.45) is 3.14. The highest BCUT2D eigenvalue weighted by molar-refractivity contribution is 5.51. The van der Waals surface area contributed by atoms with Crippen LogP contribution in [0.4, 0.5) is 0 Å². The monoisotopic (exact) mass is 339 g/mol. The molecule has 25 heavy (non-hydrogen) atoms. The van der Waals surface area contributed by atoms with E-state index >= 15 is 0 Å². The second-order valence-corrected chi connectivity index (χ2v) is 6.22. The summed E-state index contributed by atoms with van der Waals surface area (Å²) in [5, 5.41) is 10.7. The number of imidazole rings is 1. The maximum Gasteiger partial charge on any atom is 0.136 e. The van der Waals surface area contributed by atoms with Crippen LogP contribution < -0.4 is 9.47 Å². The van der Waals surface area contributed by atoms with Gasteiger partial charge in [0.15, 0.2) is 0 Å². The van der Waals surface area contributed by atoms with Gasteiger partial charge in [-0.1, -0.05) is 6.07 Å². The lowest BCUT2D eigenvalue weighted by Crippen LogP contribution is -2.34. The van der Waals surface area contributed by atoms with E-state index in [9.17, 15) is 5.11 Å². The predicted octanol–water partition coefficient (Wildman–Crippen LogP) is 2.40. The summed E-state index contributed by atoms with van der Waals surface area (Å²) in [7, 11) is 3.28. The van der Waals surface area contributed by atoms with Gasteiger partial charge in [0.1, 0.15) is 17.1 Å². The number of aromatic nitrogens is 2. The standard InChI is InChI=1S/C19H21N3O3/c1-24-16-6-7-17(25-2)19-14(16)11-21(12-15(19)23)10-13-4-3-5-18-20-8-9-22(13)18/h3-9,15,23H,10-12H2,1-2H3/t15-/m0/s1. The van der Waals surface area contributed by atoms with Gasteiger partial charge in [-0.15, -0.1) is 0 Å². The van der Waals surface area contributed by atoms with E-state index in [1.807, 2.05) is 30.5 Å². The van der Waals surface area contributed by atoms with Gasteiger partial charge >= 0.3 is 0 Å². The summed E-state index contributed by atoms with van der Waals surface area (Å²) in [4.78, 5) is 6.54. The lowest BCUT2D eigenvalue weighted by molar-refractivity contribution is 0.0834. The fourth-order valence-electron chi connectivity index (χ4n) is 3.63. The lowest BCUT2D eigenvalue weighted by atomic mass is 9.95. The van der Waals surface area contributed by atoms with E-state index in [4.69, 9.17) is 9.47 Å². The number of fused-ring (bicyclic) bond motifs is 2. The molecule has 0 saturated heterocycles. The number of β-amino-alcohol motifs (C(OH)–C–C–N with tert-alkyl or cyclic N) is 1. The van der Waals surface area contributed by atoms with Crippen molar-refractivity contribution in [1.29, 1.82) is 0 Å². The molecule has 2 aromatic heterocycles. The molecule has 1 aliphatic heterocycles. The fraction of sp³-hybridized carbons (Fsp3) is 0.316. The Morgan fingerprint density at radius 2 is 1.96 bits per heavy atom. The Labute approximate surface area is 146 Å². The Morgan fingerprint density at radius 1 is 1.16 bits per heavy atom. The van der Waals surface area contributed by atoms with Crippen LogP contribution in [-0.2, 0) is 13.1 Å². The Bertz CT molecular complexity index is 906. The summed E-state index contributed by atoms with van der Waals surface area (Å²) >= 11 is 0. The zero-order chi connectivity index (χ0) is 17.4. The Kier molecular flexibility index (Phi) is 4.07. The number of methoxy groups -OCH3 is 2. The third-order valence-corrected chi connectivity index (χ3v) is 4.76. The largest absolute Gasteiger partial charge is 0.496 e. The summed E-state index contributed by atoms with van der Waals surface area (Å²) in [6.45, 7) is 1.95. The van der Waals surface area contributed by atoms with E-state index in [1.54, 1.807) is 20.4 Å². The van der Waals surface area contributed by atoms with Crippen molar-refractivity contribution in [2.24, 2.45) is 0 Å². The first-order valence-corrected chi connectivity index (χ1v) is 8.26. The van der Waals surface area contributed by atoms with Crippen LogP contribution >= 0.6 is 0 Å². The molecule has 6 nitrogen and oxygen atoms in total. The minimum Gasteiger partial charge on any atom is -0.496 e. The van der Waals surface area contributed by atoms with Crippen LogP contribution in [0.15, 0.2) is 42.7 Å². The molecule has 6 heteroatoms. The highest BCUT2D eigenvalue weighted by Crippen LogP contribution is 2.39. The number of benzene rings is 1. The first-order chi connectivity index (χ1) is 12.2. The van der Waals surface area contributed by atoms with Gasteiger partial charge in [-0.3, -0.25) is 4.90 Å². The molecule has 130 valence electrons. The Balaban J connectivity index is 1.68. The Morgan fingerprint density at radius 3 is 2.76 bits per heavy atom. The van der Waals surface area contributed by atoms with Crippen LogP contribution in [0.1, 0.15) is 22.9 Å². The first-order valence-electron chi connectivity index (χ1n) is 8.26. The van der Waals surface area contributed by atoms with Gasteiger partial charge in [0.05, 0.1) is 20.3 Å². The van der Waals surface area contributed by atoms with Gasteiger partial charge in [0, 0.05) is 48.8 Å². The van der Waals surface area contributed by atoms with Crippen LogP contribution in [0.3, 0.4) is 0 Å². The molecule has 0 saturated carbocycles. The van der Waals surface area contributed by atoms with Crippen LogP contribution in [0.5, 0.6) is 11.5 Å². The second-order valence-electron chi connectivity index (χ2n) is 6.22. The smallest absolute Gasteiger partial charge is 0.136 e. The number of pyridine rings is 1. The third-order valence-electron chi connectivity index (χ3n) is 4.76. The highest BCUT2D eigenvalue weighted by Gasteiger charge is 2.29. The number of hydrogen-bond acceptors (Lipinski definition) is 5. The number of aliphatic hydroxyl groups excluding tert-OH is 1. The number of rotatable bonds is 4. The summed E-state index contributed by atoms with van der Waals surface area (Å²) in [6, 6.07) is 9.82. The molecule has 0 aliphatic carbocycles. The van der Waals surface area contributed by atoms with Crippen molar-refractivity contribution in [2.45, 2.75) is 19.2 Å². The summed E-state index contributed by atoms with van der Waals surface area (Å²) in [5.41, 5.74) is 3.87. The molecule has 1 aromatic carbocycles. The molecule has 3 aromatic rings. The summed E-state index contributed by atoms with van der Waals surface area (Å²) < 4.78 is 13.0. The van der Waals surface area contributed by atoms with Gasteiger partial charge in [-0.25, -0.2) is 4.98 Å². The zero-order valence-electron chi connectivity index (χ0n) is 14.3. The molecule has 0 bridgehead atoms. The molecule has 0 spiro atoms. The molecular formula is C19H21N3O3. The molecule has 1 atom stereocenters. The van der Waals surface area contributed by atoms with Crippen molar-refractivity contribution < 1.29 is 14.6 Å². The van der Waals surface area contributed by atoms with E-state index in [0.717, 1.165) is 28.2 Å². The molecule has 0 unspecified atom stereocenters. The predicted molar refractivity (Wildman–Crippen MR) is 93.8 cm³/mol. The number of ether oxygens (including phenoxy) is 2. The number of hydrogen-bond donors (Lipinski definition) is 1. The quantitative estimate of drug-likeness (QED) is 0.791. The molecule has 0 fully saturated rings. The maximum atomic E-state index is 10.7. The molecule has 0 amide bonds. The molecule has 0 radical (unpaired) electrons. The van der Waals surface area contributed by atoms with E-state index in [2.05, 4.69) is 20.4 Å². The van der Waals surface area contributed by atoms with E-state index in [0.29, 0.717) is 25.4 Å². The minimum absolute atomic E-state index is 0.543. The molecule has 3 heterocycles. The molecule has 4 rings (SSSR count). The van der Waals surface area contributed by atoms with E-state index in [-0.39, 0.29) is 0 Å². The maximum absolute atomic E-state index is 10.7. The summed E-state index contributed by atoms with van der Waals surface area (Å²) in [5.74, 6) is 1.49. The van der Waals surface area contributed by atoms with Crippen LogP contribution in [0, 0.1) is 0 Å². The van der Waals surface area contributed by atoms with Gasteiger partial charge in [-0.05, 0) is 24.3 Å². The topological polar surface area (TPSA) is 59.2 Å². The van der Waals surface area contributed by atoms with Crippen molar-refractivity contribution in [1.82, 2.24) is 14.3 Å². The lowest BCUT2D eigenvalue weighted by Gasteiger charge is -2.34. The number of aliphatic hydroxyl groups is 1. The molecule has 1 aliphatic rings.